The molecule has 5 atom stereocenters. The number of methoxy groups -OCH3 is 3. The van der Waals surface area contributed by atoms with Gasteiger partial charge in [0, 0.05) is 41.8 Å². The van der Waals surface area contributed by atoms with E-state index in [-0.39, 0.29) is 12.0 Å². The number of aromatic amines is 1. The minimum atomic E-state index is -0.623. The summed E-state index contributed by atoms with van der Waals surface area (Å²) in [5.41, 5.74) is 2.67. The summed E-state index contributed by atoms with van der Waals surface area (Å²) in [6.45, 7) is 4.33. The zero-order valence-corrected chi connectivity index (χ0v) is 17.7. The van der Waals surface area contributed by atoms with Gasteiger partial charge in [-0.1, -0.05) is 13.3 Å². The van der Waals surface area contributed by atoms with Gasteiger partial charge in [-0.2, -0.15) is 0 Å². The maximum atomic E-state index is 13.5. The minimum Gasteiger partial charge on any atom is -0.493 e. The number of rotatable bonds is 4. The van der Waals surface area contributed by atoms with Crippen LogP contribution in [0.1, 0.15) is 37.4 Å². The SMILES string of the molecule is CC[C@@H]1C[C@@H]2CN3CCc4c([nH]c5cc(OC)c(OC)cc45)[C@@](C(=O)OC)(C2)[C@@H]13. The molecule has 0 amide bonds. The second kappa shape index (κ2) is 6.66. The molecule has 1 saturated carbocycles. The van der Waals surface area contributed by atoms with Gasteiger partial charge in [-0.05, 0) is 42.7 Å². The van der Waals surface area contributed by atoms with Crippen LogP contribution in [0.4, 0.5) is 0 Å². The van der Waals surface area contributed by atoms with E-state index in [0.717, 1.165) is 54.7 Å². The summed E-state index contributed by atoms with van der Waals surface area (Å²) in [6, 6.07) is 4.24. The highest BCUT2D eigenvalue weighted by Crippen LogP contribution is 2.55. The van der Waals surface area contributed by atoms with Gasteiger partial charge in [-0.3, -0.25) is 9.69 Å². The lowest BCUT2D eigenvalue weighted by molar-refractivity contribution is -0.162. The maximum absolute atomic E-state index is 13.5. The standard InChI is InChI=1S/C23H30N2O4/c1-5-14-8-13-11-23(22(26)29-4)20-15(6-7-25(12-13)21(14)23)16-9-18(27-2)19(28-3)10-17(16)24-20/h9-10,13-14,21,24H,5-8,11-12H2,1-4H3/t13-,14+,21+,23-/m0/s1. The second-order valence-electron chi connectivity index (χ2n) is 8.86. The van der Waals surface area contributed by atoms with E-state index in [9.17, 15) is 4.79 Å². The van der Waals surface area contributed by atoms with Crippen molar-refractivity contribution in [2.75, 3.05) is 34.4 Å². The molecule has 4 aliphatic rings. The molecule has 0 radical (unpaired) electrons. The molecule has 1 N–H and O–H groups in total. The average Bonchev–Trinajstić information content (AvgIpc) is 3.08. The topological polar surface area (TPSA) is 63.8 Å². The smallest absolute Gasteiger partial charge is 0.319 e. The van der Waals surface area contributed by atoms with Crippen LogP contribution in [0, 0.1) is 11.8 Å². The van der Waals surface area contributed by atoms with Crippen molar-refractivity contribution in [1.29, 1.82) is 0 Å². The maximum Gasteiger partial charge on any atom is 0.319 e. The molecule has 29 heavy (non-hydrogen) atoms. The van der Waals surface area contributed by atoms with Crippen LogP contribution in [0.3, 0.4) is 0 Å². The lowest BCUT2D eigenvalue weighted by atomic mass is 9.56. The van der Waals surface area contributed by atoms with Crippen molar-refractivity contribution in [3.8, 4) is 11.5 Å². The summed E-state index contributed by atoms with van der Waals surface area (Å²) in [6.07, 6.45) is 4.09. The Kier molecular flexibility index (Phi) is 4.32. The van der Waals surface area contributed by atoms with Gasteiger partial charge < -0.3 is 19.2 Å². The van der Waals surface area contributed by atoms with E-state index >= 15 is 0 Å². The molecule has 1 aromatic carbocycles. The van der Waals surface area contributed by atoms with E-state index in [1.54, 1.807) is 14.2 Å². The second-order valence-corrected chi connectivity index (χ2v) is 8.86. The average molecular weight is 399 g/mol. The fourth-order valence-corrected chi connectivity index (χ4v) is 6.64. The third-order valence-corrected chi connectivity index (χ3v) is 7.66. The Labute approximate surface area is 171 Å². The number of esters is 1. The zero-order valence-electron chi connectivity index (χ0n) is 17.7. The van der Waals surface area contributed by atoms with Gasteiger partial charge in [-0.25, -0.2) is 0 Å². The normalized spacial score (nSPS) is 32.6. The van der Waals surface area contributed by atoms with E-state index in [0.29, 0.717) is 17.6 Å². The predicted octanol–water partition coefficient (Wildman–Crippen LogP) is 3.27. The molecule has 1 unspecified atom stereocenters. The summed E-state index contributed by atoms with van der Waals surface area (Å²) in [5, 5.41) is 1.12. The molecule has 6 heteroatoms. The number of carbonyl (C=O) groups is 1. The molecule has 4 heterocycles. The highest BCUT2D eigenvalue weighted by molar-refractivity contribution is 5.93. The molecule has 1 aliphatic carbocycles. The van der Waals surface area contributed by atoms with Crippen LogP contribution in [-0.4, -0.2) is 56.3 Å². The van der Waals surface area contributed by atoms with Gasteiger partial charge in [0.1, 0.15) is 5.41 Å². The van der Waals surface area contributed by atoms with E-state index in [1.807, 2.05) is 6.07 Å². The molecular formula is C23H30N2O4. The Hall–Kier alpha value is -2.21. The van der Waals surface area contributed by atoms with Gasteiger partial charge in [0.25, 0.3) is 0 Å². The summed E-state index contributed by atoms with van der Waals surface area (Å²) < 4.78 is 16.5. The summed E-state index contributed by atoms with van der Waals surface area (Å²) in [5.74, 6) is 2.37. The fraction of sp³-hybridized carbons (Fsp3) is 0.609. The van der Waals surface area contributed by atoms with Crippen molar-refractivity contribution < 1.29 is 19.0 Å². The van der Waals surface area contributed by atoms with E-state index < -0.39 is 5.41 Å². The molecule has 1 aromatic heterocycles. The highest BCUT2D eigenvalue weighted by Gasteiger charge is 2.62. The number of nitrogens with one attached hydrogen (secondary N) is 1. The van der Waals surface area contributed by atoms with Gasteiger partial charge in [-0.15, -0.1) is 0 Å². The third kappa shape index (κ3) is 2.41. The van der Waals surface area contributed by atoms with Crippen molar-refractivity contribution in [2.24, 2.45) is 11.8 Å². The number of ether oxygens (including phenoxy) is 3. The molecule has 3 aliphatic heterocycles. The number of H-pyrrole nitrogens is 1. The molecule has 2 aromatic rings. The molecule has 156 valence electrons. The van der Waals surface area contributed by atoms with Crippen LogP contribution < -0.4 is 9.47 Å². The Balaban J connectivity index is 1.79. The van der Waals surface area contributed by atoms with Crippen LogP contribution in [0.2, 0.25) is 0 Å². The van der Waals surface area contributed by atoms with Gasteiger partial charge in [0.15, 0.2) is 11.5 Å². The fourth-order valence-electron chi connectivity index (χ4n) is 6.64. The third-order valence-electron chi connectivity index (χ3n) is 7.66. The number of carbonyl (C=O) groups excluding carboxylic acids is 1. The summed E-state index contributed by atoms with van der Waals surface area (Å²) in [7, 11) is 4.84. The number of hydrogen-bond donors (Lipinski definition) is 1. The Morgan fingerprint density at radius 1 is 1.24 bits per heavy atom. The van der Waals surface area contributed by atoms with Crippen LogP contribution in [0.15, 0.2) is 12.1 Å². The van der Waals surface area contributed by atoms with Crippen LogP contribution in [0.5, 0.6) is 11.5 Å². The van der Waals surface area contributed by atoms with Crippen LogP contribution in [0.25, 0.3) is 10.9 Å². The van der Waals surface area contributed by atoms with Gasteiger partial charge in [0.2, 0.25) is 0 Å². The Morgan fingerprint density at radius 3 is 2.69 bits per heavy atom. The van der Waals surface area contributed by atoms with E-state index in [2.05, 4.69) is 22.9 Å². The van der Waals surface area contributed by atoms with Crippen molar-refractivity contribution >= 4 is 16.9 Å². The summed E-state index contributed by atoms with van der Waals surface area (Å²) in [4.78, 5) is 19.7. The van der Waals surface area contributed by atoms with Crippen molar-refractivity contribution in [3.05, 3.63) is 23.4 Å². The first-order valence-corrected chi connectivity index (χ1v) is 10.7. The molecule has 0 spiro atoms. The lowest BCUT2D eigenvalue weighted by Crippen LogP contribution is -2.67. The molecule has 6 rings (SSSR count). The molecule has 2 saturated heterocycles. The van der Waals surface area contributed by atoms with Crippen molar-refractivity contribution in [3.63, 3.8) is 0 Å². The van der Waals surface area contributed by atoms with Crippen molar-refractivity contribution in [1.82, 2.24) is 9.88 Å². The van der Waals surface area contributed by atoms with E-state index in [4.69, 9.17) is 14.2 Å². The van der Waals surface area contributed by atoms with Crippen molar-refractivity contribution in [2.45, 2.75) is 44.1 Å². The number of aromatic nitrogens is 1. The largest absolute Gasteiger partial charge is 0.493 e. The molecule has 6 nitrogen and oxygen atoms in total. The number of hydrogen-bond acceptors (Lipinski definition) is 5. The molecule has 3 fully saturated rings. The zero-order chi connectivity index (χ0) is 20.3. The first-order chi connectivity index (χ1) is 14.1. The number of fused-ring (bicyclic) bond motifs is 4. The Morgan fingerprint density at radius 2 is 2.00 bits per heavy atom. The summed E-state index contributed by atoms with van der Waals surface area (Å²) >= 11 is 0. The minimum absolute atomic E-state index is 0.0935. The Bertz CT molecular complexity index is 967. The number of benzene rings is 1. The highest BCUT2D eigenvalue weighted by atomic mass is 16.5. The predicted molar refractivity (Wildman–Crippen MR) is 111 cm³/mol. The van der Waals surface area contributed by atoms with Crippen LogP contribution in [-0.2, 0) is 21.4 Å². The van der Waals surface area contributed by atoms with Gasteiger partial charge >= 0.3 is 5.97 Å². The van der Waals surface area contributed by atoms with Gasteiger partial charge in [0.05, 0.1) is 21.3 Å². The lowest BCUT2D eigenvalue weighted by Gasteiger charge is -2.57. The van der Waals surface area contributed by atoms with Crippen LogP contribution >= 0.6 is 0 Å². The first-order valence-electron chi connectivity index (χ1n) is 10.7. The van der Waals surface area contributed by atoms with E-state index in [1.165, 1.54) is 19.1 Å². The number of nitrogens with zero attached hydrogens (tertiary/aromatic N) is 1. The monoisotopic (exact) mass is 398 g/mol. The first kappa shape index (κ1) is 18.8. The quantitative estimate of drug-likeness (QED) is 0.801. The molecule has 4 bridgehead atoms. The molecular weight excluding hydrogens is 368 g/mol. The number of piperidine rings is 2.